The first-order valence-corrected chi connectivity index (χ1v) is 7.40. The summed E-state index contributed by atoms with van der Waals surface area (Å²) >= 11 is 0. The molecule has 1 aliphatic heterocycles. The lowest BCUT2D eigenvalue weighted by Gasteiger charge is -2.45. The van der Waals surface area contributed by atoms with Crippen molar-refractivity contribution in [2.24, 2.45) is 5.41 Å². The molecule has 122 valence electrons. The van der Waals surface area contributed by atoms with Gasteiger partial charge in [0.25, 0.3) is 0 Å². The second-order valence-electron chi connectivity index (χ2n) is 6.25. The summed E-state index contributed by atoms with van der Waals surface area (Å²) in [7, 11) is 3.25. The summed E-state index contributed by atoms with van der Waals surface area (Å²) in [5, 5.41) is 19.6. The van der Waals surface area contributed by atoms with E-state index in [-0.39, 0.29) is 11.6 Å². The maximum Gasteiger partial charge on any atom is 0.333 e. The van der Waals surface area contributed by atoms with E-state index in [2.05, 4.69) is 0 Å². The Morgan fingerprint density at radius 3 is 2.61 bits per heavy atom. The van der Waals surface area contributed by atoms with E-state index in [1.165, 1.54) is 7.11 Å². The van der Waals surface area contributed by atoms with Gasteiger partial charge >= 0.3 is 11.9 Å². The number of aliphatic carboxylic acids is 2. The molecule has 0 saturated carbocycles. The van der Waals surface area contributed by atoms with Crippen LogP contribution in [0.3, 0.4) is 0 Å². The maximum absolute atomic E-state index is 12.2. The molecular weight excluding hydrogens is 298 g/mol. The molecule has 3 atom stereocenters. The van der Waals surface area contributed by atoms with Gasteiger partial charge in [0.05, 0.1) is 12.7 Å². The molecule has 0 amide bonds. The highest BCUT2D eigenvalue weighted by atomic mass is 16.5. The zero-order valence-corrected chi connectivity index (χ0v) is 13.2. The normalized spacial score (nSPS) is 28.7. The molecule has 0 saturated heterocycles. The molecule has 2 N–H and O–H groups in total. The minimum absolute atomic E-state index is 0.111. The molecule has 0 bridgehead atoms. The topological polar surface area (TPSA) is 87.1 Å². The number of ether oxygens (including phenoxy) is 1. The highest BCUT2D eigenvalue weighted by molar-refractivity contribution is 5.93. The number of carbonyl (C=O) groups is 2. The van der Waals surface area contributed by atoms with Crippen LogP contribution in [0.15, 0.2) is 30.0 Å². The Balaban J connectivity index is 2.28. The number of carboxylic acid groups (broad SMARTS) is 2. The van der Waals surface area contributed by atoms with Gasteiger partial charge < -0.3 is 19.8 Å². The number of hydrogen-bond donors (Lipinski definition) is 2. The standard InChI is InChI=1S/C17H19NO5/c1-9-17(16(21)22)7-10-4-5-11(23-3)6-12(10)14(17)13(15(19)20)8-18(9)2/h4-6,8-9,14H,7H2,1-3H3,(H,19,20)(H,21,22). The molecule has 1 aliphatic carbocycles. The van der Waals surface area contributed by atoms with E-state index >= 15 is 0 Å². The predicted octanol–water partition coefficient (Wildman–Crippen LogP) is 1.71. The van der Waals surface area contributed by atoms with Crippen molar-refractivity contribution in [3.05, 3.63) is 41.1 Å². The highest BCUT2D eigenvalue weighted by Gasteiger charge is 2.60. The Bertz CT molecular complexity index is 726. The van der Waals surface area contributed by atoms with Gasteiger partial charge in [-0.3, -0.25) is 4.79 Å². The van der Waals surface area contributed by atoms with Crippen molar-refractivity contribution in [2.45, 2.75) is 25.3 Å². The molecule has 3 unspecified atom stereocenters. The monoisotopic (exact) mass is 317 g/mol. The Hall–Kier alpha value is -2.50. The third-order valence-corrected chi connectivity index (χ3v) is 5.32. The second-order valence-corrected chi connectivity index (χ2v) is 6.25. The molecule has 1 aromatic carbocycles. The van der Waals surface area contributed by atoms with Crippen LogP contribution in [0, 0.1) is 5.41 Å². The number of fused-ring (bicyclic) bond motifs is 3. The van der Waals surface area contributed by atoms with Gasteiger partial charge in [-0.2, -0.15) is 0 Å². The largest absolute Gasteiger partial charge is 0.497 e. The molecule has 0 aromatic heterocycles. The minimum Gasteiger partial charge on any atom is -0.497 e. The Morgan fingerprint density at radius 2 is 2.04 bits per heavy atom. The van der Waals surface area contributed by atoms with Gasteiger partial charge in [-0.05, 0) is 36.6 Å². The van der Waals surface area contributed by atoms with E-state index in [4.69, 9.17) is 4.74 Å². The lowest BCUT2D eigenvalue weighted by molar-refractivity contribution is -0.154. The van der Waals surface area contributed by atoms with Crippen molar-refractivity contribution < 1.29 is 24.5 Å². The molecule has 2 aliphatic rings. The Kier molecular flexibility index (Phi) is 3.35. The van der Waals surface area contributed by atoms with Crippen LogP contribution in [-0.4, -0.2) is 47.3 Å². The molecular formula is C17H19NO5. The number of benzene rings is 1. The zero-order valence-electron chi connectivity index (χ0n) is 13.2. The first-order valence-electron chi connectivity index (χ1n) is 7.40. The van der Waals surface area contributed by atoms with E-state index in [0.29, 0.717) is 12.2 Å². The van der Waals surface area contributed by atoms with Crippen molar-refractivity contribution in [1.29, 1.82) is 0 Å². The van der Waals surface area contributed by atoms with Crippen molar-refractivity contribution >= 4 is 11.9 Å². The molecule has 23 heavy (non-hydrogen) atoms. The average Bonchev–Trinajstić information content (AvgIpc) is 2.86. The van der Waals surface area contributed by atoms with Gasteiger partial charge in [0.1, 0.15) is 11.2 Å². The number of rotatable bonds is 3. The lowest BCUT2D eigenvalue weighted by Crippen LogP contribution is -2.54. The summed E-state index contributed by atoms with van der Waals surface area (Å²) in [6.07, 6.45) is 1.86. The van der Waals surface area contributed by atoms with E-state index in [1.54, 1.807) is 30.3 Å². The Labute approximate surface area is 134 Å². The third kappa shape index (κ3) is 1.94. The summed E-state index contributed by atoms with van der Waals surface area (Å²) in [4.78, 5) is 25.7. The van der Waals surface area contributed by atoms with Crippen LogP contribution in [-0.2, 0) is 16.0 Å². The van der Waals surface area contributed by atoms with Crippen molar-refractivity contribution in [2.75, 3.05) is 14.2 Å². The van der Waals surface area contributed by atoms with E-state index < -0.39 is 23.3 Å². The van der Waals surface area contributed by atoms with Gasteiger partial charge in [-0.1, -0.05) is 6.07 Å². The minimum atomic E-state index is -1.19. The first-order chi connectivity index (χ1) is 10.8. The summed E-state index contributed by atoms with van der Waals surface area (Å²) in [5.74, 6) is -2.14. The molecule has 3 rings (SSSR count). The molecule has 1 heterocycles. The number of methoxy groups -OCH3 is 1. The third-order valence-electron chi connectivity index (χ3n) is 5.32. The van der Waals surface area contributed by atoms with Crippen LogP contribution in [0.1, 0.15) is 24.0 Å². The fraction of sp³-hybridized carbons (Fsp3) is 0.412. The van der Waals surface area contributed by atoms with E-state index in [1.807, 2.05) is 13.0 Å². The highest BCUT2D eigenvalue weighted by Crippen LogP contribution is 2.56. The van der Waals surface area contributed by atoms with Crippen LogP contribution in [0.5, 0.6) is 5.75 Å². The van der Waals surface area contributed by atoms with Gasteiger partial charge in [0.2, 0.25) is 0 Å². The fourth-order valence-corrected chi connectivity index (χ4v) is 3.98. The van der Waals surface area contributed by atoms with Crippen LogP contribution in [0.2, 0.25) is 0 Å². The smallest absolute Gasteiger partial charge is 0.333 e. The molecule has 1 aromatic rings. The van der Waals surface area contributed by atoms with Gasteiger partial charge in [-0.15, -0.1) is 0 Å². The van der Waals surface area contributed by atoms with Gasteiger partial charge in [-0.25, -0.2) is 4.79 Å². The fourth-order valence-electron chi connectivity index (χ4n) is 3.98. The van der Waals surface area contributed by atoms with Gasteiger partial charge in [0, 0.05) is 25.2 Å². The van der Waals surface area contributed by atoms with Crippen LogP contribution < -0.4 is 4.74 Å². The quantitative estimate of drug-likeness (QED) is 0.882. The molecule has 6 nitrogen and oxygen atoms in total. The summed E-state index contributed by atoms with van der Waals surface area (Å²) in [5.41, 5.74) is 0.527. The lowest BCUT2D eigenvalue weighted by atomic mass is 9.65. The number of nitrogens with zero attached hydrogens (tertiary/aromatic N) is 1. The van der Waals surface area contributed by atoms with Crippen molar-refractivity contribution in [3.63, 3.8) is 0 Å². The van der Waals surface area contributed by atoms with Gasteiger partial charge in [0.15, 0.2) is 0 Å². The zero-order chi connectivity index (χ0) is 16.9. The number of hydrogen-bond acceptors (Lipinski definition) is 4. The predicted molar refractivity (Wildman–Crippen MR) is 82.5 cm³/mol. The molecule has 0 spiro atoms. The summed E-state index contributed by atoms with van der Waals surface area (Å²) in [6.45, 7) is 1.83. The SMILES string of the molecule is COc1ccc2c(c1)C1C(C(=O)O)=CN(C)C(C)C1(C(=O)O)C2. The average molecular weight is 317 g/mol. The van der Waals surface area contributed by atoms with Crippen molar-refractivity contribution in [3.8, 4) is 5.75 Å². The molecule has 0 fully saturated rings. The molecule has 0 radical (unpaired) electrons. The molecule has 6 heteroatoms. The maximum atomic E-state index is 12.2. The van der Waals surface area contributed by atoms with E-state index in [0.717, 1.165) is 11.1 Å². The van der Waals surface area contributed by atoms with Crippen LogP contribution in [0.25, 0.3) is 0 Å². The van der Waals surface area contributed by atoms with Crippen LogP contribution in [0.4, 0.5) is 0 Å². The summed E-state index contributed by atoms with van der Waals surface area (Å²) < 4.78 is 5.23. The van der Waals surface area contributed by atoms with E-state index in [9.17, 15) is 19.8 Å². The second kappa shape index (κ2) is 5.01. The number of carboxylic acids is 2. The first kappa shape index (κ1) is 15.4. The van der Waals surface area contributed by atoms with Crippen molar-refractivity contribution in [1.82, 2.24) is 4.90 Å². The Morgan fingerprint density at radius 1 is 1.35 bits per heavy atom. The van der Waals surface area contributed by atoms with Crippen LogP contribution >= 0.6 is 0 Å². The summed E-state index contributed by atoms with van der Waals surface area (Å²) in [6, 6.07) is 5.05.